The quantitative estimate of drug-likeness (QED) is 0.194. The third kappa shape index (κ3) is 10.7. The van der Waals surface area contributed by atoms with Gasteiger partial charge in [-0.05, 0) is 67.3 Å². The second kappa shape index (κ2) is 17.2. The summed E-state index contributed by atoms with van der Waals surface area (Å²) in [6.07, 6.45) is 2.68. The normalized spacial score (nSPS) is 14.4. The number of hydrogen-bond donors (Lipinski definition) is 4. The van der Waals surface area contributed by atoms with E-state index in [4.69, 9.17) is 15.2 Å². The molecule has 4 amide bonds. The number of ether oxygens (including phenoxy) is 2. The number of rotatable bonds is 15. The van der Waals surface area contributed by atoms with E-state index in [1.165, 1.54) is 24.3 Å². The predicted molar refractivity (Wildman–Crippen MR) is 170 cm³/mol. The number of sulfonamides is 1. The number of benzene rings is 2. The van der Waals surface area contributed by atoms with Gasteiger partial charge in [-0.3, -0.25) is 29.3 Å². The molecule has 0 saturated heterocycles. The first-order valence-electron chi connectivity index (χ1n) is 14.9. The first-order valence-corrected chi connectivity index (χ1v) is 16.4. The van der Waals surface area contributed by atoms with Gasteiger partial charge in [0.1, 0.15) is 18.1 Å². The number of halogens is 1. The third-order valence-corrected chi connectivity index (χ3v) is 7.98. The van der Waals surface area contributed by atoms with Gasteiger partial charge < -0.3 is 25.4 Å². The first kappa shape index (κ1) is 37.4. The summed E-state index contributed by atoms with van der Waals surface area (Å²) in [6, 6.07) is 9.29. The maximum absolute atomic E-state index is 13.3. The number of amides is 4. The summed E-state index contributed by atoms with van der Waals surface area (Å²) in [7, 11) is -4.47. The predicted octanol–water partition coefficient (Wildman–Crippen LogP) is 0.892. The zero-order chi connectivity index (χ0) is 35.4. The molecular weight excluding hydrogens is 649 g/mol. The summed E-state index contributed by atoms with van der Waals surface area (Å²) < 4.78 is 52.1. The lowest BCUT2D eigenvalue weighted by atomic mass is 10.0. The summed E-state index contributed by atoms with van der Waals surface area (Å²) >= 11 is 0. The number of esters is 1. The van der Waals surface area contributed by atoms with E-state index in [-0.39, 0.29) is 53.3 Å². The van der Waals surface area contributed by atoms with Crippen LogP contribution in [0.25, 0.3) is 0 Å². The van der Waals surface area contributed by atoms with Gasteiger partial charge in [-0.2, -0.15) is 0 Å². The molecule has 1 atom stereocenters. The summed E-state index contributed by atoms with van der Waals surface area (Å²) in [5.74, 6) is -4.59. The van der Waals surface area contributed by atoms with Crippen molar-refractivity contribution in [1.29, 1.82) is 0 Å². The van der Waals surface area contributed by atoms with E-state index in [0.717, 1.165) is 34.9 Å². The Morgan fingerprint density at radius 1 is 1.00 bits per heavy atom. The maximum Gasteiger partial charge on any atom is 0.325 e. The molecule has 3 rings (SSSR count). The highest BCUT2D eigenvalue weighted by Crippen LogP contribution is 2.24. The largest absolute Gasteiger partial charge is 0.495 e. The van der Waals surface area contributed by atoms with Crippen LogP contribution in [0.15, 0.2) is 77.0 Å². The molecule has 2 aromatic carbocycles. The van der Waals surface area contributed by atoms with Gasteiger partial charge >= 0.3 is 5.97 Å². The average Bonchev–Trinajstić information content (AvgIpc) is 3.04. The lowest BCUT2D eigenvalue weighted by Gasteiger charge is -2.34. The average molecular weight is 688 g/mol. The maximum atomic E-state index is 13.3. The minimum atomic E-state index is -4.47. The van der Waals surface area contributed by atoms with Crippen molar-refractivity contribution >= 4 is 39.6 Å². The fourth-order valence-electron chi connectivity index (χ4n) is 4.32. The van der Waals surface area contributed by atoms with Crippen molar-refractivity contribution in [2.45, 2.75) is 38.1 Å². The van der Waals surface area contributed by atoms with Gasteiger partial charge in [0.25, 0.3) is 27.7 Å². The van der Waals surface area contributed by atoms with Crippen LogP contribution in [0.3, 0.4) is 0 Å². The summed E-state index contributed by atoms with van der Waals surface area (Å²) in [5.41, 5.74) is 6.02. The first-order chi connectivity index (χ1) is 22.7. The van der Waals surface area contributed by atoms with E-state index in [1.807, 2.05) is 18.6 Å². The molecule has 0 bridgehead atoms. The van der Waals surface area contributed by atoms with Gasteiger partial charge in [-0.15, -0.1) is 0 Å². The van der Waals surface area contributed by atoms with Gasteiger partial charge in [-0.1, -0.05) is 26.0 Å². The Morgan fingerprint density at radius 3 is 2.27 bits per heavy atom. The van der Waals surface area contributed by atoms with Crippen LogP contribution >= 0.6 is 0 Å². The van der Waals surface area contributed by atoms with Crippen LogP contribution in [0.2, 0.25) is 0 Å². The lowest BCUT2D eigenvalue weighted by Crippen LogP contribution is -2.52. The molecule has 1 aliphatic rings. The Balaban J connectivity index is 1.79. The van der Waals surface area contributed by atoms with Crippen molar-refractivity contribution in [3.8, 4) is 0 Å². The molecule has 0 radical (unpaired) electrons. The van der Waals surface area contributed by atoms with Gasteiger partial charge in [0.05, 0.1) is 30.2 Å². The van der Waals surface area contributed by atoms with Crippen LogP contribution in [0.5, 0.6) is 0 Å². The molecule has 258 valence electrons. The molecule has 1 unspecified atom stereocenters. The Kier molecular flexibility index (Phi) is 13.4. The zero-order valence-electron chi connectivity index (χ0n) is 26.7. The van der Waals surface area contributed by atoms with E-state index < -0.39 is 58.8 Å². The Bertz CT molecular complexity index is 1670. The smallest absolute Gasteiger partial charge is 0.325 e. The van der Waals surface area contributed by atoms with E-state index in [0.29, 0.717) is 6.42 Å². The highest BCUT2D eigenvalue weighted by Gasteiger charge is 2.37. The number of nitrogens with two attached hydrogens (primary N) is 1. The van der Waals surface area contributed by atoms with Crippen LogP contribution in [-0.2, 0) is 45.1 Å². The number of carbonyl (C=O) groups is 5. The van der Waals surface area contributed by atoms with Crippen molar-refractivity contribution < 1.29 is 46.3 Å². The zero-order valence-corrected chi connectivity index (χ0v) is 27.5. The molecular formula is C32H38FN5O9S. The second-order valence-electron chi connectivity index (χ2n) is 10.9. The summed E-state index contributed by atoms with van der Waals surface area (Å²) in [6.45, 7) is 4.53. The van der Waals surface area contributed by atoms with Crippen LogP contribution in [-0.4, -0.2) is 81.8 Å². The van der Waals surface area contributed by atoms with E-state index >= 15 is 0 Å². The highest BCUT2D eigenvalue weighted by molar-refractivity contribution is 7.90. The molecule has 1 heterocycles. The molecule has 1 aliphatic heterocycles. The van der Waals surface area contributed by atoms with Crippen molar-refractivity contribution in [2.75, 3.05) is 32.8 Å². The minimum Gasteiger partial charge on any atom is -0.495 e. The number of carbonyl (C=O) groups excluding carboxylic acids is 5. The number of nitrogens with zero attached hydrogens (tertiary/aromatic N) is 1. The lowest BCUT2D eigenvalue weighted by molar-refractivity contribution is -0.145. The number of nitrogens with one attached hydrogen (secondary N) is 3. The van der Waals surface area contributed by atoms with Crippen molar-refractivity contribution in [1.82, 2.24) is 20.3 Å². The fraction of sp³-hybridized carbons (Fsp3) is 0.344. The molecule has 2 aromatic rings. The van der Waals surface area contributed by atoms with Gasteiger partial charge in [0.2, 0.25) is 5.91 Å². The molecule has 0 aromatic heterocycles. The fourth-order valence-corrected chi connectivity index (χ4v) is 5.30. The summed E-state index contributed by atoms with van der Waals surface area (Å²) in [4.78, 5) is 64.0. The molecule has 48 heavy (non-hydrogen) atoms. The minimum absolute atomic E-state index is 0.0213. The Morgan fingerprint density at radius 2 is 1.67 bits per heavy atom. The van der Waals surface area contributed by atoms with Crippen molar-refractivity contribution in [3.05, 3.63) is 89.1 Å². The Hall–Kier alpha value is -5.09. The van der Waals surface area contributed by atoms with Crippen LogP contribution in [0.1, 0.15) is 36.7 Å². The summed E-state index contributed by atoms with van der Waals surface area (Å²) in [5, 5.41) is 4.80. The molecule has 14 nitrogen and oxygen atoms in total. The van der Waals surface area contributed by atoms with E-state index in [9.17, 15) is 36.8 Å². The van der Waals surface area contributed by atoms with E-state index in [1.54, 1.807) is 19.1 Å². The topological polar surface area (TPSA) is 203 Å². The number of hydrogen-bond acceptors (Lipinski definition) is 11. The van der Waals surface area contributed by atoms with E-state index in [2.05, 4.69) is 10.6 Å². The molecule has 5 N–H and O–H groups in total. The van der Waals surface area contributed by atoms with Crippen LogP contribution < -0.4 is 21.1 Å². The second-order valence-corrected chi connectivity index (χ2v) is 12.6. The number of imide groups is 1. The third-order valence-electron chi connectivity index (χ3n) is 6.63. The molecule has 16 heteroatoms. The molecule has 0 saturated carbocycles. The monoisotopic (exact) mass is 687 g/mol. The SMILES string of the molecule is CCOC(=O)CN1C=C(C(=O)NS(=O)(=O)c2ccc(C(=O)NCCc3ccc(F)cc3)cc2)C=C(OCC(C)C)C1C(=O)NC(=O)CN. The Labute approximate surface area is 277 Å². The molecule has 0 aliphatic carbocycles. The van der Waals surface area contributed by atoms with Crippen molar-refractivity contribution in [3.63, 3.8) is 0 Å². The van der Waals surface area contributed by atoms with Gasteiger partial charge in [-0.25, -0.2) is 17.5 Å². The molecule has 0 fully saturated rings. The van der Waals surface area contributed by atoms with Gasteiger partial charge in [0, 0.05) is 18.3 Å². The van der Waals surface area contributed by atoms with Gasteiger partial charge in [0.15, 0.2) is 6.04 Å². The highest BCUT2D eigenvalue weighted by atomic mass is 32.2. The standard InChI is InChI=1S/C32H38FN5O9S/c1-4-46-28(40)18-38-17-23(15-26(47-19-20(2)3)29(38)32(43)36-27(39)16-34)31(42)37-48(44,45)25-11-7-22(8-12-25)30(41)35-14-13-21-5-9-24(33)10-6-21/h5-12,15,17,20,29H,4,13-14,16,18-19,34H2,1-3H3,(H,35,41)(H,37,42)(H,36,39,43). The van der Waals surface area contributed by atoms with Crippen LogP contribution in [0.4, 0.5) is 4.39 Å². The van der Waals surface area contributed by atoms with Crippen LogP contribution in [0, 0.1) is 11.7 Å². The van der Waals surface area contributed by atoms with Crippen molar-refractivity contribution in [2.24, 2.45) is 11.7 Å². The molecule has 0 spiro atoms.